The molecule has 0 bridgehead atoms. The van der Waals surface area contributed by atoms with E-state index in [1.807, 2.05) is 0 Å². The van der Waals surface area contributed by atoms with Crippen molar-refractivity contribution in [2.45, 2.75) is 12.8 Å². The lowest BCUT2D eigenvalue weighted by molar-refractivity contribution is -0.385. The van der Waals surface area contributed by atoms with E-state index in [-0.39, 0.29) is 22.9 Å². The van der Waals surface area contributed by atoms with E-state index < -0.39 is 27.5 Å². The van der Waals surface area contributed by atoms with Gasteiger partial charge in [0, 0.05) is 24.7 Å². The molecule has 3 amide bonds. The van der Waals surface area contributed by atoms with Crippen molar-refractivity contribution < 1.29 is 24.4 Å². The summed E-state index contributed by atoms with van der Waals surface area (Å²) in [5.74, 6) is -1.53. The third-order valence-corrected chi connectivity index (χ3v) is 5.06. The number of aromatic hydroxyl groups is 1. The van der Waals surface area contributed by atoms with Crippen molar-refractivity contribution in [3.05, 3.63) is 38.8 Å². The number of phenolic OH excluding ortho intramolecular Hbond substituents is 1. The molecule has 2 saturated heterocycles. The number of para-hydroxylation sites is 1. The van der Waals surface area contributed by atoms with Crippen LogP contribution < -0.4 is 0 Å². The summed E-state index contributed by atoms with van der Waals surface area (Å²) in [7, 11) is 0. The molecule has 26 heavy (non-hydrogen) atoms. The van der Waals surface area contributed by atoms with Crippen LogP contribution in [0.25, 0.3) is 6.08 Å². The highest BCUT2D eigenvalue weighted by Crippen LogP contribution is 2.36. The molecule has 136 valence electrons. The number of nitro benzene ring substituents is 1. The second kappa shape index (κ2) is 7.16. The second-order valence-electron chi connectivity index (χ2n) is 5.83. The van der Waals surface area contributed by atoms with Crippen LogP contribution in [0.3, 0.4) is 0 Å². The number of phenols is 1. The number of nitro groups is 1. The molecule has 1 aromatic rings. The molecule has 0 spiro atoms. The summed E-state index contributed by atoms with van der Waals surface area (Å²) >= 11 is 0.631. The Morgan fingerprint density at radius 3 is 2.65 bits per heavy atom. The van der Waals surface area contributed by atoms with Gasteiger partial charge in [-0.1, -0.05) is 12.1 Å². The summed E-state index contributed by atoms with van der Waals surface area (Å²) in [5, 5.41) is 20.3. The van der Waals surface area contributed by atoms with Gasteiger partial charge in [-0.2, -0.15) is 0 Å². The lowest BCUT2D eigenvalue weighted by atomic mass is 10.1. The molecule has 2 aliphatic rings. The van der Waals surface area contributed by atoms with Crippen LogP contribution >= 0.6 is 11.8 Å². The second-order valence-corrected chi connectivity index (χ2v) is 6.82. The highest BCUT2D eigenvalue weighted by atomic mass is 32.2. The largest absolute Gasteiger partial charge is 0.502 e. The first-order chi connectivity index (χ1) is 12.4. The van der Waals surface area contributed by atoms with E-state index in [1.54, 1.807) is 4.90 Å². The van der Waals surface area contributed by atoms with E-state index in [9.17, 15) is 29.6 Å². The van der Waals surface area contributed by atoms with E-state index >= 15 is 0 Å². The van der Waals surface area contributed by atoms with Crippen molar-refractivity contribution in [2.75, 3.05) is 19.6 Å². The molecular weight excluding hydrogens is 362 g/mol. The molecule has 0 saturated carbocycles. The predicted octanol–water partition coefficient (Wildman–Crippen LogP) is 1.96. The Morgan fingerprint density at radius 1 is 1.31 bits per heavy atom. The van der Waals surface area contributed by atoms with Gasteiger partial charge in [0.1, 0.15) is 6.54 Å². The number of thioether (sulfide) groups is 1. The van der Waals surface area contributed by atoms with Crippen molar-refractivity contribution in [2.24, 2.45) is 0 Å². The van der Waals surface area contributed by atoms with E-state index in [0.29, 0.717) is 24.9 Å². The molecule has 9 nitrogen and oxygen atoms in total. The number of carbonyl (C=O) groups is 3. The summed E-state index contributed by atoms with van der Waals surface area (Å²) in [4.78, 5) is 49.3. The number of hydrogen-bond acceptors (Lipinski definition) is 7. The van der Waals surface area contributed by atoms with Crippen LogP contribution in [0.5, 0.6) is 5.75 Å². The van der Waals surface area contributed by atoms with Gasteiger partial charge in [0.15, 0.2) is 0 Å². The Morgan fingerprint density at radius 2 is 2.00 bits per heavy atom. The minimum atomic E-state index is -0.743. The molecule has 1 aromatic carbocycles. The number of likely N-dealkylation sites (tertiary alicyclic amines) is 1. The third-order valence-electron chi connectivity index (χ3n) is 4.15. The number of nitrogens with zero attached hydrogens (tertiary/aromatic N) is 3. The summed E-state index contributed by atoms with van der Waals surface area (Å²) in [5.41, 5.74) is -0.447. The van der Waals surface area contributed by atoms with E-state index in [4.69, 9.17) is 0 Å². The van der Waals surface area contributed by atoms with Crippen molar-refractivity contribution in [1.29, 1.82) is 0 Å². The molecule has 1 N–H and O–H groups in total. The molecular formula is C16H15N3O6S. The molecule has 0 aromatic heterocycles. The lowest BCUT2D eigenvalue weighted by Crippen LogP contribution is -2.40. The quantitative estimate of drug-likeness (QED) is 0.483. The first-order valence-corrected chi connectivity index (χ1v) is 8.69. The highest BCUT2D eigenvalue weighted by molar-refractivity contribution is 8.18. The Balaban J connectivity index is 1.80. The average Bonchev–Trinajstić information content (AvgIpc) is 3.21. The maximum atomic E-state index is 12.4. The highest BCUT2D eigenvalue weighted by Gasteiger charge is 2.37. The molecule has 2 heterocycles. The molecule has 0 unspecified atom stereocenters. The van der Waals surface area contributed by atoms with E-state index in [0.717, 1.165) is 23.8 Å². The zero-order valence-corrected chi connectivity index (χ0v) is 14.4. The van der Waals surface area contributed by atoms with Crippen LogP contribution in [0.1, 0.15) is 18.4 Å². The zero-order valence-electron chi connectivity index (χ0n) is 13.6. The first kappa shape index (κ1) is 17.9. The van der Waals surface area contributed by atoms with Crippen LogP contribution in [0, 0.1) is 10.1 Å². The Hall–Kier alpha value is -2.88. The summed E-state index contributed by atoms with van der Waals surface area (Å²) < 4.78 is 0. The van der Waals surface area contributed by atoms with Gasteiger partial charge >= 0.3 is 5.69 Å². The van der Waals surface area contributed by atoms with Crippen LogP contribution in [-0.4, -0.2) is 56.5 Å². The van der Waals surface area contributed by atoms with Gasteiger partial charge in [0.05, 0.1) is 9.83 Å². The predicted molar refractivity (Wildman–Crippen MR) is 93.3 cm³/mol. The van der Waals surface area contributed by atoms with Gasteiger partial charge < -0.3 is 10.0 Å². The van der Waals surface area contributed by atoms with Gasteiger partial charge in [-0.05, 0) is 30.7 Å². The Kier molecular flexibility index (Phi) is 4.94. The first-order valence-electron chi connectivity index (χ1n) is 7.88. The molecule has 0 radical (unpaired) electrons. The smallest absolute Gasteiger partial charge is 0.311 e. The SMILES string of the molecule is O=C(CN1C(=O)S/C(=C/c2cccc([N+](=O)[O-])c2O)C1=O)N1CCCC1. The van der Waals surface area contributed by atoms with E-state index in [2.05, 4.69) is 0 Å². The van der Waals surface area contributed by atoms with Crippen molar-refractivity contribution in [1.82, 2.24) is 9.80 Å². The molecule has 0 aliphatic carbocycles. The van der Waals surface area contributed by atoms with Crippen molar-refractivity contribution in [3.63, 3.8) is 0 Å². The van der Waals surface area contributed by atoms with Gasteiger partial charge in [-0.3, -0.25) is 29.4 Å². The normalized spacial score (nSPS) is 18.8. The number of benzene rings is 1. The van der Waals surface area contributed by atoms with Gasteiger partial charge in [-0.15, -0.1) is 0 Å². The number of hydrogen-bond donors (Lipinski definition) is 1. The molecule has 2 fully saturated rings. The minimum absolute atomic E-state index is 0.0000184. The van der Waals surface area contributed by atoms with Gasteiger partial charge in [0.2, 0.25) is 11.7 Å². The molecule has 3 rings (SSSR count). The molecule has 2 aliphatic heterocycles. The summed E-state index contributed by atoms with van der Waals surface area (Å²) in [6, 6.07) is 3.89. The van der Waals surface area contributed by atoms with Crippen LogP contribution in [-0.2, 0) is 9.59 Å². The van der Waals surface area contributed by atoms with Crippen LogP contribution in [0.15, 0.2) is 23.1 Å². The molecule has 10 heteroatoms. The fraction of sp³-hybridized carbons (Fsp3) is 0.312. The standard InChI is InChI=1S/C16H15N3O6S/c20-13(17-6-1-2-7-17)9-18-15(22)12(26-16(18)23)8-10-4-3-5-11(14(10)21)19(24)25/h3-5,8,21H,1-2,6-7,9H2/b12-8+. The number of amides is 3. The minimum Gasteiger partial charge on any atom is -0.502 e. The Labute approximate surface area is 152 Å². The monoisotopic (exact) mass is 377 g/mol. The topological polar surface area (TPSA) is 121 Å². The third kappa shape index (κ3) is 3.40. The lowest BCUT2D eigenvalue weighted by Gasteiger charge is -2.18. The average molecular weight is 377 g/mol. The van der Waals surface area contributed by atoms with Crippen LogP contribution in [0.4, 0.5) is 10.5 Å². The molecule has 0 atom stereocenters. The fourth-order valence-corrected chi connectivity index (χ4v) is 3.62. The van der Waals surface area contributed by atoms with Crippen molar-refractivity contribution in [3.8, 4) is 5.75 Å². The van der Waals surface area contributed by atoms with Crippen molar-refractivity contribution >= 4 is 40.6 Å². The maximum Gasteiger partial charge on any atom is 0.311 e. The Bertz CT molecular complexity index is 831. The van der Waals surface area contributed by atoms with Gasteiger partial charge in [-0.25, -0.2) is 0 Å². The number of carbonyl (C=O) groups excluding carboxylic acids is 3. The van der Waals surface area contributed by atoms with E-state index in [1.165, 1.54) is 18.2 Å². The van der Waals surface area contributed by atoms with Crippen LogP contribution in [0.2, 0.25) is 0 Å². The number of imide groups is 1. The summed E-state index contributed by atoms with van der Waals surface area (Å²) in [6.45, 7) is 0.905. The van der Waals surface area contributed by atoms with Gasteiger partial charge in [0.25, 0.3) is 11.1 Å². The summed E-state index contributed by atoms with van der Waals surface area (Å²) in [6.07, 6.45) is 3.02. The maximum absolute atomic E-state index is 12.4. The zero-order chi connectivity index (χ0) is 18.8. The fourth-order valence-electron chi connectivity index (χ4n) is 2.79. The number of rotatable bonds is 4.